The van der Waals surface area contributed by atoms with Gasteiger partial charge in [-0.2, -0.15) is 0 Å². The van der Waals surface area contributed by atoms with E-state index in [-0.39, 0.29) is 11.5 Å². The summed E-state index contributed by atoms with van der Waals surface area (Å²) in [5.74, 6) is 0.0864. The topological polar surface area (TPSA) is 53.2 Å². The summed E-state index contributed by atoms with van der Waals surface area (Å²) in [6.45, 7) is 2.90. The van der Waals surface area contributed by atoms with E-state index in [0.29, 0.717) is 25.1 Å². The van der Waals surface area contributed by atoms with Crippen LogP contribution in [0.3, 0.4) is 0 Å². The molecule has 4 heteroatoms. The van der Waals surface area contributed by atoms with Gasteiger partial charge in [0.05, 0.1) is 6.54 Å². The molecule has 3 rings (SSSR count). The number of pyridine rings is 1. The van der Waals surface area contributed by atoms with Crippen LogP contribution in [-0.2, 0) is 17.9 Å². The molecular formula is C22H24N2O2. The van der Waals surface area contributed by atoms with Crippen LogP contribution in [0.25, 0.3) is 10.9 Å². The standard InChI is InChI=1S/C22H24N2O2/c1-2-3-13-21(25)24(15-17-9-5-4-6-10-17)16-19-14-18-11-7-8-12-20(18)23-22(19)26/h4-12,14H,2-3,13,15-16H2,1H3,(H,23,26). The Bertz CT molecular complexity index is 932. The average molecular weight is 348 g/mol. The molecule has 0 spiro atoms. The van der Waals surface area contributed by atoms with Crippen molar-refractivity contribution in [1.82, 2.24) is 9.88 Å². The fourth-order valence-corrected chi connectivity index (χ4v) is 3.04. The van der Waals surface area contributed by atoms with E-state index in [4.69, 9.17) is 0 Å². The van der Waals surface area contributed by atoms with Crippen molar-refractivity contribution in [2.45, 2.75) is 39.3 Å². The zero-order valence-corrected chi connectivity index (χ0v) is 15.1. The zero-order chi connectivity index (χ0) is 18.4. The highest BCUT2D eigenvalue weighted by molar-refractivity contribution is 5.79. The Labute approximate surface area is 153 Å². The number of carbonyl (C=O) groups excluding carboxylic acids is 1. The first-order chi connectivity index (χ1) is 12.7. The largest absolute Gasteiger partial charge is 0.334 e. The molecule has 1 amide bonds. The third-order valence-corrected chi connectivity index (χ3v) is 4.50. The number of nitrogens with one attached hydrogen (secondary N) is 1. The predicted octanol–water partition coefficient (Wildman–Crippen LogP) is 4.25. The van der Waals surface area contributed by atoms with Crippen molar-refractivity contribution in [3.63, 3.8) is 0 Å². The van der Waals surface area contributed by atoms with Gasteiger partial charge in [0.2, 0.25) is 5.91 Å². The number of unbranched alkanes of at least 4 members (excludes halogenated alkanes) is 1. The molecule has 134 valence electrons. The average Bonchev–Trinajstić information content (AvgIpc) is 2.67. The Kier molecular flexibility index (Phi) is 5.84. The van der Waals surface area contributed by atoms with Crippen LogP contribution in [-0.4, -0.2) is 15.8 Å². The molecule has 0 unspecified atom stereocenters. The molecule has 0 saturated carbocycles. The number of amides is 1. The summed E-state index contributed by atoms with van der Waals surface area (Å²) in [5, 5.41) is 0.975. The highest BCUT2D eigenvalue weighted by Gasteiger charge is 2.16. The lowest BCUT2D eigenvalue weighted by Crippen LogP contribution is -2.32. The molecule has 2 aromatic carbocycles. The number of H-pyrrole nitrogens is 1. The molecule has 0 aliphatic rings. The van der Waals surface area contributed by atoms with Crippen LogP contribution in [0, 0.1) is 0 Å². The number of carbonyl (C=O) groups is 1. The molecule has 0 aliphatic heterocycles. The number of nitrogens with zero attached hydrogens (tertiary/aromatic N) is 1. The van der Waals surface area contributed by atoms with E-state index >= 15 is 0 Å². The summed E-state index contributed by atoms with van der Waals surface area (Å²) >= 11 is 0. The van der Waals surface area contributed by atoms with Crippen LogP contribution in [0.15, 0.2) is 65.5 Å². The van der Waals surface area contributed by atoms with Gasteiger partial charge in [0, 0.05) is 24.0 Å². The maximum Gasteiger partial charge on any atom is 0.253 e. The highest BCUT2D eigenvalue weighted by Crippen LogP contribution is 2.14. The lowest BCUT2D eigenvalue weighted by atomic mass is 10.1. The second-order valence-electron chi connectivity index (χ2n) is 6.55. The Morgan fingerprint density at radius 3 is 2.50 bits per heavy atom. The molecule has 1 heterocycles. The molecule has 1 aromatic heterocycles. The number of aromatic nitrogens is 1. The van der Waals surface area contributed by atoms with E-state index in [0.717, 1.165) is 29.3 Å². The summed E-state index contributed by atoms with van der Waals surface area (Å²) in [6.07, 6.45) is 2.34. The summed E-state index contributed by atoms with van der Waals surface area (Å²) in [4.78, 5) is 29.9. The van der Waals surface area contributed by atoms with E-state index in [2.05, 4.69) is 11.9 Å². The van der Waals surface area contributed by atoms with Crippen LogP contribution in [0.2, 0.25) is 0 Å². The molecule has 0 atom stereocenters. The van der Waals surface area contributed by atoms with Crippen LogP contribution in [0.1, 0.15) is 37.3 Å². The summed E-state index contributed by atoms with van der Waals surface area (Å²) in [7, 11) is 0. The number of rotatable bonds is 7. The first-order valence-electron chi connectivity index (χ1n) is 9.10. The third-order valence-electron chi connectivity index (χ3n) is 4.50. The number of aromatic amines is 1. The van der Waals surface area contributed by atoms with Crippen molar-refractivity contribution in [3.8, 4) is 0 Å². The number of hydrogen-bond acceptors (Lipinski definition) is 2. The quantitative estimate of drug-likeness (QED) is 0.694. The van der Waals surface area contributed by atoms with E-state index < -0.39 is 0 Å². The van der Waals surface area contributed by atoms with Gasteiger partial charge in [-0.1, -0.05) is 61.9 Å². The third kappa shape index (κ3) is 4.39. The van der Waals surface area contributed by atoms with Gasteiger partial charge < -0.3 is 9.88 Å². The molecule has 0 aliphatic carbocycles. The van der Waals surface area contributed by atoms with Crippen LogP contribution >= 0.6 is 0 Å². The number of hydrogen-bond donors (Lipinski definition) is 1. The molecule has 0 radical (unpaired) electrons. The molecule has 4 nitrogen and oxygen atoms in total. The Morgan fingerprint density at radius 1 is 1.00 bits per heavy atom. The normalized spacial score (nSPS) is 10.8. The summed E-state index contributed by atoms with van der Waals surface area (Å²) in [5.41, 5.74) is 2.36. The van der Waals surface area contributed by atoms with Gasteiger partial charge >= 0.3 is 0 Å². The number of para-hydroxylation sites is 1. The van der Waals surface area contributed by atoms with Gasteiger partial charge in [-0.05, 0) is 29.5 Å². The van der Waals surface area contributed by atoms with Crippen LogP contribution in [0.4, 0.5) is 0 Å². The van der Waals surface area contributed by atoms with Crippen molar-refractivity contribution < 1.29 is 4.79 Å². The van der Waals surface area contributed by atoms with Gasteiger partial charge in [0.15, 0.2) is 0 Å². The van der Waals surface area contributed by atoms with Crippen LogP contribution in [0.5, 0.6) is 0 Å². The van der Waals surface area contributed by atoms with Crippen LogP contribution < -0.4 is 5.56 Å². The molecule has 0 saturated heterocycles. The molecule has 3 aromatic rings. The predicted molar refractivity (Wildman–Crippen MR) is 105 cm³/mol. The fourth-order valence-electron chi connectivity index (χ4n) is 3.04. The van der Waals surface area contributed by atoms with E-state index in [9.17, 15) is 9.59 Å². The van der Waals surface area contributed by atoms with Gasteiger partial charge in [-0.15, -0.1) is 0 Å². The first-order valence-corrected chi connectivity index (χ1v) is 9.10. The molecule has 0 fully saturated rings. The van der Waals surface area contributed by atoms with Gasteiger partial charge in [-0.3, -0.25) is 9.59 Å². The van der Waals surface area contributed by atoms with E-state index in [1.165, 1.54) is 0 Å². The summed E-state index contributed by atoms with van der Waals surface area (Å²) in [6, 6.07) is 19.5. The molecular weight excluding hydrogens is 324 g/mol. The Balaban J connectivity index is 1.88. The minimum atomic E-state index is -0.134. The minimum absolute atomic E-state index is 0.0864. The number of benzene rings is 2. The van der Waals surface area contributed by atoms with Crippen molar-refractivity contribution in [2.24, 2.45) is 0 Å². The molecule has 26 heavy (non-hydrogen) atoms. The second-order valence-corrected chi connectivity index (χ2v) is 6.55. The maximum absolute atomic E-state index is 12.7. The lowest BCUT2D eigenvalue weighted by Gasteiger charge is -2.23. The Morgan fingerprint density at radius 2 is 1.73 bits per heavy atom. The van der Waals surface area contributed by atoms with Crippen molar-refractivity contribution in [3.05, 3.63) is 82.1 Å². The van der Waals surface area contributed by atoms with Gasteiger partial charge in [0.1, 0.15) is 0 Å². The van der Waals surface area contributed by atoms with Crippen molar-refractivity contribution in [2.75, 3.05) is 0 Å². The van der Waals surface area contributed by atoms with Crippen molar-refractivity contribution >= 4 is 16.8 Å². The van der Waals surface area contributed by atoms with Crippen molar-refractivity contribution in [1.29, 1.82) is 0 Å². The Hall–Kier alpha value is -2.88. The monoisotopic (exact) mass is 348 g/mol. The zero-order valence-electron chi connectivity index (χ0n) is 15.1. The summed E-state index contributed by atoms with van der Waals surface area (Å²) < 4.78 is 0. The second kappa shape index (κ2) is 8.48. The van der Waals surface area contributed by atoms with Gasteiger partial charge in [-0.25, -0.2) is 0 Å². The molecule has 1 N–H and O–H groups in total. The smallest absolute Gasteiger partial charge is 0.253 e. The number of fused-ring (bicyclic) bond motifs is 1. The van der Waals surface area contributed by atoms with E-state index in [1.807, 2.05) is 60.7 Å². The van der Waals surface area contributed by atoms with E-state index in [1.54, 1.807) is 4.90 Å². The molecule has 0 bridgehead atoms. The van der Waals surface area contributed by atoms with Gasteiger partial charge in [0.25, 0.3) is 5.56 Å². The maximum atomic E-state index is 12.7. The SMILES string of the molecule is CCCCC(=O)N(Cc1ccccc1)Cc1cc2ccccc2[nH]c1=O. The highest BCUT2D eigenvalue weighted by atomic mass is 16.2. The first kappa shape index (κ1) is 17.9. The lowest BCUT2D eigenvalue weighted by molar-refractivity contribution is -0.132. The fraction of sp³-hybridized carbons (Fsp3) is 0.273. The minimum Gasteiger partial charge on any atom is -0.334 e.